The molecule has 0 saturated carbocycles. The van der Waals surface area contributed by atoms with Gasteiger partial charge in [-0.15, -0.1) is 0 Å². The van der Waals surface area contributed by atoms with E-state index >= 15 is 0 Å². The van der Waals surface area contributed by atoms with Crippen molar-refractivity contribution in [2.45, 2.75) is 6.42 Å². The molecule has 19 heavy (non-hydrogen) atoms. The van der Waals surface area contributed by atoms with Crippen LogP contribution in [0.5, 0.6) is 0 Å². The Morgan fingerprint density at radius 3 is 2.42 bits per heavy atom. The number of benzene rings is 1. The van der Waals surface area contributed by atoms with Crippen LogP contribution in [0.2, 0.25) is 0 Å². The van der Waals surface area contributed by atoms with E-state index in [0.717, 1.165) is 6.26 Å². The molecular formula is C12H13NaO5S. The van der Waals surface area contributed by atoms with Gasteiger partial charge in [-0.2, -0.15) is 8.42 Å². The first-order valence-corrected chi connectivity index (χ1v) is 6.41. The van der Waals surface area contributed by atoms with E-state index < -0.39 is 27.4 Å². The molecule has 0 aliphatic rings. The van der Waals surface area contributed by atoms with Crippen LogP contribution in [0.25, 0.3) is 6.08 Å². The first-order chi connectivity index (χ1) is 8.43. The maximum absolute atomic E-state index is 11.2. The number of carbonyl (C=O) groups is 1. The van der Waals surface area contributed by atoms with Crippen molar-refractivity contribution in [3.05, 3.63) is 53.6 Å². The summed E-state index contributed by atoms with van der Waals surface area (Å²) in [6.45, 7) is 3.18. The van der Waals surface area contributed by atoms with Crippen molar-refractivity contribution >= 4 is 22.2 Å². The molecule has 0 aromatic heterocycles. The minimum atomic E-state index is -4.45. The predicted molar refractivity (Wildman–Crippen MR) is 68.0 cm³/mol. The second-order valence-corrected chi connectivity index (χ2v) is 4.80. The maximum atomic E-state index is 11.2. The molecule has 1 rings (SSSR count). The van der Waals surface area contributed by atoms with Crippen LogP contribution in [-0.4, -0.2) is 18.9 Å². The Kier molecular flexibility index (Phi) is 7.89. The zero-order valence-electron chi connectivity index (χ0n) is 11.4. The molecular weight excluding hydrogens is 279 g/mol. The number of rotatable bonds is 5. The van der Waals surface area contributed by atoms with Crippen molar-refractivity contribution in [3.63, 3.8) is 0 Å². The van der Waals surface area contributed by atoms with E-state index in [2.05, 4.69) is 11.3 Å². The summed E-state index contributed by atoms with van der Waals surface area (Å²) in [4.78, 5) is 10.8. The summed E-state index contributed by atoms with van der Waals surface area (Å²) in [6.07, 6.45) is 1.55. The maximum Gasteiger partial charge on any atom is 1.00 e. The Hall–Kier alpha value is -0.920. The van der Waals surface area contributed by atoms with E-state index in [9.17, 15) is 13.2 Å². The van der Waals surface area contributed by atoms with Gasteiger partial charge in [0.25, 0.3) is 10.1 Å². The Bertz CT molecular complexity index is 569. The van der Waals surface area contributed by atoms with Crippen LogP contribution < -0.4 is 29.6 Å². The zero-order chi connectivity index (χ0) is 13.6. The fourth-order valence-electron chi connectivity index (χ4n) is 1.23. The smallest absolute Gasteiger partial charge is 1.00 e. The second-order valence-electron chi connectivity index (χ2n) is 3.33. The van der Waals surface area contributed by atoms with Crippen LogP contribution in [0.4, 0.5) is 0 Å². The summed E-state index contributed by atoms with van der Waals surface area (Å²) in [5, 5.41) is 0. The van der Waals surface area contributed by atoms with Crippen molar-refractivity contribution in [2.75, 3.05) is 0 Å². The number of ether oxygens (including phenoxy) is 1. The molecule has 0 saturated heterocycles. The first kappa shape index (κ1) is 18.1. The molecule has 1 aromatic carbocycles. The largest absolute Gasteiger partial charge is 1.00 e. The van der Waals surface area contributed by atoms with E-state index in [-0.39, 0.29) is 31.0 Å². The van der Waals surface area contributed by atoms with E-state index in [1.165, 1.54) is 6.08 Å². The summed E-state index contributed by atoms with van der Waals surface area (Å²) in [7, 11) is -4.45. The number of hydrogen-bond acceptors (Lipinski definition) is 4. The quantitative estimate of drug-likeness (QED) is 0.329. The van der Waals surface area contributed by atoms with Gasteiger partial charge in [0, 0.05) is 0 Å². The second kappa shape index (κ2) is 8.29. The van der Waals surface area contributed by atoms with Gasteiger partial charge in [-0.3, -0.25) is 9.35 Å². The molecule has 0 atom stereocenters. The van der Waals surface area contributed by atoms with Crippen LogP contribution in [0.3, 0.4) is 0 Å². The van der Waals surface area contributed by atoms with Crippen molar-refractivity contribution in [1.29, 1.82) is 0 Å². The number of hydrogen-bond donors (Lipinski definition) is 1. The monoisotopic (exact) mass is 292 g/mol. The molecule has 0 heterocycles. The Morgan fingerprint density at radius 2 is 1.95 bits per heavy atom. The third kappa shape index (κ3) is 6.70. The Morgan fingerprint density at radius 1 is 1.37 bits per heavy atom. The Labute approximate surface area is 135 Å². The van der Waals surface area contributed by atoms with Gasteiger partial charge in [-0.25, -0.2) is 0 Å². The first-order valence-electron chi connectivity index (χ1n) is 4.97. The fraction of sp³-hybridized carbons (Fsp3) is 0.0833. The van der Waals surface area contributed by atoms with E-state index in [1.807, 2.05) is 0 Å². The van der Waals surface area contributed by atoms with E-state index in [1.54, 1.807) is 30.3 Å². The minimum Gasteiger partial charge on any atom is -1.00 e. The Balaban J connectivity index is 0. The van der Waals surface area contributed by atoms with Crippen LogP contribution >= 0.6 is 0 Å². The standard InChI is InChI=1S/C12H12O5S.Na.H/c1-2-17-12(13)9-11(18(14,15)16)8-10-6-4-3-5-7-10;;/h2-8H,1,9H2,(H,14,15,16);;/q;+1;-1. The van der Waals surface area contributed by atoms with Gasteiger partial charge >= 0.3 is 35.5 Å². The van der Waals surface area contributed by atoms with Gasteiger partial charge in [-0.05, 0) is 11.6 Å². The number of carbonyl (C=O) groups excluding carboxylic acids is 1. The average Bonchev–Trinajstić information content (AvgIpc) is 2.28. The van der Waals surface area contributed by atoms with Crippen LogP contribution in [0.1, 0.15) is 13.4 Å². The summed E-state index contributed by atoms with van der Waals surface area (Å²) < 4.78 is 35.7. The SMILES string of the molecule is C=COC(=O)CC(=Cc1ccccc1)S(=O)(=O)O.[H-].[Na+]. The molecule has 1 N–H and O–H groups in total. The molecule has 0 spiro atoms. The molecule has 98 valence electrons. The minimum absolute atomic E-state index is 0. The van der Waals surface area contributed by atoms with E-state index in [0.29, 0.717) is 5.56 Å². The van der Waals surface area contributed by atoms with Gasteiger partial charge < -0.3 is 6.16 Å². The molecule has 0 fully saturated rings. The summed E-state index contributed by atoms with van der Waals surface area (Å²) in [5.41, 5.74) is 0.552. The average molecular weight is 292 g/mol. The molecule has 0 radical (unpaired) electrons. The van der Waals surface area contributed by atoms with Gasteiger partial charge in [-0.1, -0.05) is 36.9 Å². The summed E-state index contributed by atoms with van der Waals surface area (Å²) >= 11 is 0. The van der Waals surface area contributed by atoms with Gasteiger partial charge in [0.05, 0.1) is 17.6 Å². The van der Waals surface area contributed by atoms with Crippen LogP contribution in [0, 0.1) is 0 Å². The van der Waals surface area contributed by atoms with Crippen molar-refractivity contribution < 1.29 is 53.5 Å². The summed E-state index contributed by atoms with van der Waals surface area (Å²) in [6, 6.07) is 8.45. The molecule has 7 heteroatoms. The topological polar surface area (TPSA) is 80.7 Å². The third-order valence-corrected chi connectivity index (χ3v) is 2.92. The predicted octanol–water partition coefficient (Wildman–Crippen LogP) is -0.891. The molecule has 5 nitrogen and oxygen atoms in total. The molecule has 0 aliphatic carbocycles. The van der Waals surface area contributed by atoms with Crippen LogP contribution in [-0.2, 0) is 19.6 Å². The molecule has 0 aliphatic heterocycles. The molecule has 0 bridgehead atoms. The van der Waals surface area contributed by atoms with E-state index in [4.69, 9.17) is 4.55 Å². The van der Waals surface area contributed by atoms with Crippen molar-refractivity contribution in [3.8, 4) is 0 Å². The van der Waals surface area contributed by atoms with Crippen molar-refractivity contribution in [1.82, 2.24) is 0 Å². The molecule has 0 unspecified atom stereocenters. The fourth-order valence-corrected chi connectivity index (χ4v) is 1.81. The summed E-state index contributed by atoms with van der Waals surface area (Å²) in [5.74, 6) is -0.815. The third-order valence-electron chi connectivity index (χ3n) is 1.99. The number of esters is 1. The van der Waals surface area contributed by atoms with Gasteiger partial charge in [0.2, 0.25) is 0 Å². The van der Waals surface area contributed by atoms with Gasteiger partial charge in [0.1, 0.15) is 0 Å². The normalized spacial score (nSPS) is 11.3. The molecule has 1 aromatic rings. The zero-order valence-corrected chi connectivity index (χ0v) is 13.3. The van der Waals surface area contributed by atoms with Crippen LogP contribution in [0.15, 0.2) is 48.1 Å². The molecule has 0 amide bonds. The van der Waals surface area contributed by atoms with Crippen molar-refractivity contribution in [2.24, 2.45) is 0 Å². The van der Waals surface area contributed by atoms with Gasteiger partial charge in [0.15, 0.2) is 0 Å².